The molecular formula is C12H14BrN. The minimum Gasteiger partial charge on any atom is -0.198 e. The topological polar surface area (TPSA) is 23.8 Å². The van der Waals surface area contributed by atoms with Crippen LogP contribution in [0.2, 0.25) is 0 Å². The van der Waals surface area contributed by atoms with Gasteiger partial charge in [-0.1, -0.05) is 41.9 Å². The molecule has 1 nitrogen and oxygen atoms in total. The van der Waals surface area contributed by atoms with E-state index in [1.807, 2.05) is 12.1 Å². The van der Waals surface area contributed by atoms with Crippen LogP contribution in [0.15, 0.2) is 28.7 Å². The third-order valence-electron chi connectivity index (χ3n) is 2.32. The number of hydrogen-bond donors (Lipinski definition) is 0. The average molecular weight is 252 g/mol. The number of rotatable bonds is 3. The molecule has 0 fully saturated rings. The fourth-order valence-corrected chi connectivity index (χ4v) is 1.79. The van der Waals surface area contributed by atoms with Gasteiger partial charge in [-0.3, -0.25) is 0 Å². The van der Waals surface area contributed by atoms with E-state index >= 15 is 0 Å². The second-order valence-corrected chi connectivity index (χ2v) is 4.73. The van der Waals surface area contributed by atoms with Crippen molar-refractivity contribution in [3.05, 3.63) is 34.3 Å². The Kier molecular flexibility index (Phi) is 4.16. The Labute approximate surface area is 93.9 Å². The van der Waals surface area contributed by atoms with Gasteiger partial charge >= 0.3 is 0 Å². The standard InChI is InChI=1S/C12H14BrN/c1-9(2)11(8-14)6-10-4-3-5-12(13)7-10/h3-5,7,9,11H,6H2,1-2H3. The van der Waals surface area contributed by atoms with Crippen LogP contribution in [0.4, 0.5) is 0 Å². The van der Waals surface area contributed by atoms with Crippen molar-refractivity contribution in [3.63, 3.8) is 0 Å². The van der Waals surface area contributed by atoms with E-state index in [2.05, 4.69) is 48.0 Å². The maximum atomic E-state index is 8.97. The molecule has 1 rings (SSSR count). The highest BCUT2D eigenvalue weighted by Crippen LogP contribution is 2.19. The highest BCUT2D eigenvalue weighted by molar-refractivity contribution is 9.10. The van der Waals surface area contributed by atoms with Crippen molar-refractivity contribution >= 4 is 15.9 Å². The molecule has 0 heterocycles. The molecule has 0 bridgehead atoms. The Bertz CT molecular complexity index is 338. The minimum atomic E-state index is 0.115. The largest absolute Gasteiger partial charge is 0.198 e. The molecule has 1 atom stereocenters. The quantitative estimate of drug-likeness (QED) is 0.802. The molecule has 2 heteroatoms. The third-order valence-corrected chi connectivity index (χ3v) is 2.81. The Hall–Kier alpha value is -0.810. The number of nitrogens with zero attached hydrogens (tertiary/aromatic N) is 1. The lowest BCUT2D eigenvalue weighted by Crippen LogP contribution is -2.09. The van der Waals surface area contributed by atoms with Crippen molar-refractivity contribution < 1.29 is 0 Å². The van der Waals surface area contributed by atoms with Crippen LogP contribution in [0.3, 0.4) is 0 Å². The third kappa shape index (κ3) is 3.16. The fraction of sp³-hybridized carbons (Fsp3) is 0.417. The highest BCUT2D eigenvalue weighted by Gasteiger charge is 2.12. The molecule has 0 aliphatic rings. The molecule has 74 valence electrons. The fourth-order valence-electron chi connectivity index (χ4n) is 1.35. The molecule has 0 aliphatic heterocycles. The van der Waals surface area contributed by atoms with Gasteiger partial charge in [0, 0.05) is 4.47 Å². The summed E-state index contributed by atoms with van der Waals surface area (Å²) in [6.07, 6.45) is 0.841. The molecule has 1 aromatic carbocycles. The van der Waals surface area contributed by atoms with Crippen LogP contribution in [0.25, 0.3) is 0 Å². The first-order chi connectivity index (χ1) is 6.63. The van der Waals surface area contributed by atoms with Crippen LogP contribution in [0.1, 0.15) is 19.4 Å². The SMILES string of the molecule is CC(C)C(C#N)Cc1cccc(Br)c1. The van der Waals surface area contributed by atoms with Gasteiger partial charge in [0.25, 0.3) is 0 Å². The molecule has 0 spiro atoms. The van der Waals surface area contributed by atoms with E-state index in [-0.39, 0.29) is 5.92 Å². The van der Waals surface area contributed by atoms with Crippen LogP contribution >= 0.6 is 15.9 Å². The summed E-state index contributed by atoms with van der Waals surface area (Å²) >= 11 is 3.43. The van der Waals surface area contributed by atoms with Crippen molar-refractivity contribution in [2.75, 3.05) is 0 Å². The van der Waals surface area contributed by atoms with Crippen molar-refractivity contribution in [2.24, 2.45) is 11.8 Å². The average Bonchev–Trinajstić information content (AvgIpc) is 2.14. The molecule has 0 amide bonds. The first-order valence-electron chi connectivity index (χ1n) is 4.77. The first-order valence-corrected chi connectivity index (χ1v) is 5.57. The second kappa shape index (κ2) is 5.17. The van der Waals surface area contributed by atoms with E-state index in [1.54, 1.807) is 0 Å². The van der Waals surface area contributed by atoms with Crippen LogP contribution in [0, 0.1) is 23.2 Å². The van der Waals surface area contributed by atoms with Crippen LogP contribution < -0.4 is 0 Å². The van der Waals surface area contributed by atoms with Gasteiger partial charge < -0.3 is 0 Å². The van der Waals surface area contributed by atoms with Gasteiger partial charge in [-0.05, 0) is 30.0 Å². The molecule has 0 aliphatic carbocycles. The zero-order valence-corrected chi connectivity index (χ0v) is 10.1. The zero-order chi connectivity index (χ0) is 10.6. The van der Waals surface area contributed by atoms with E-state index in [4.69, 9.17) is 5.26 Å². The van der Waals surface area contributed by atoms with Crippen molar-refractivity contribution in [3.8, 4) is 6.07 Å². The normalized spacial score (nSPS) is 12.5. The van der Waals surface area contributed by atoms with E-state index in [0.29, 0.717) is 5.92 Å². The molecule has 1 aromatic rings. The summed E-state index contributed by atoms with van der Waals surface area (Å²) in [5.74, 6) is 0.531. The Morgan fingerprint density at radius 1 is 1.43 bits per heavy atom. The van der Waals surface area contributed by atoms with E-state index in [1.165, 1.54) is 5.56 Å². The number of nitriles is 1. The van der Waals surface area contributed by atoms with Gasteiger partial charge in [0.1, 0.15) is 0 Å². The van der Waals surface area contributed by atoms with Crippen LogP contribution in [-0.2, 0) is 6.42 Å². The van der Waals surface area contributed by atoms with Gasteiger partial charge in [0.2, 0.25) is 0 Å². The van der Waals surface area contributed by atoms with Gasteiger partial charge in [-0.15, -0.1) is 0 Å². The summed E-state index contributed by atoms with van der Waals surface area (Å²) in [5.41, 5.74) is 1.22. The first kappa shape index (κ1) is 11.3. The monoisotopic (exact) mass is 251 g/mol. The smallest absolute Gasteiger partial charge is 0.0661 e. The van der Waals surface area contributed by atoms with Crippen molar-refractivity contribution in [1.82, 2.24) is 0 Å². The van der Waals surface area contributed by atoms with E-state index in [9.17, 15) is 0 Å². The molecular weight excluding hydrogens is 238 g/mol. The Balaban J connectivity index is 2.73. The summed E-state index contributed by atoms with van der Waals surface area (Å²) in [5, 5.41) is 8.97. The zero-order valence-electron chi connectivity index (χ0n) is 8.50. The summed E-state index contributed by atoms with van der Waals surface area (Å²) in [6.45, 7) is 4.18. The van der Waals surface area contributed by atoms with Crippen LogP contribution in [-0.4, -0.2) is 0 Å². The Morgan fingerprint density at radius 3 is 2.64 bits per heavy atom. The maximum Gasteiger partial charge on any atom is 0.0661 e. The summed E-state index contributed by atoms with van der Waals surface area (Å²) in [6, 6.07) is 10.5. The predicted molar refractivity (Wildman–Crippen MR) is 61.8 cm³/mol. The molecule has 0 N–H and O–H groups in total. The lowest BCUT2D eigenvalue weighted by atomic mass is 9.91. The minimum absolute atomic E-state index is 0.115. The number of hydrogen-bond acceptors (Lipinski definition) is 1. The summed E-state index contributed by atoms with van der Waals surface area (Å²) in [4.78, 5) is 0. The van der Waals surface area contributed by atoms with Crippen molar-refractivity contribution in [2.45, 2.75) is 20.3 Å². The highest BCUT2D eigenvalue weighted by atomic mass is 79.9. The molecule has 0 radical (unpaired) electrons. The molecule has 1 unspecified atom stereocenters. The molecule has 0 aromatic heterocycles. The van der Waals surface area contributed by atoms with E-state index in [0.717, 1.165) is 10.9 Å². The van der Waals surface area contributed by atoms with E-state index < -0.39 is 0 Å². The van der Waals surface area contributed by atoms with Crippen molar-refractivity contribution in [1.29, 1.82) is 5.26 Å². The van der Waals surface area contributed by atoms with Gasteiger partial charge in [-0.2, -0.15) is 5.26 Å². The molecule has 0 saturated heterocycles. The lowest BCUT2D eigenvalue weighted by molar-refractivity contribution is 0.474. The van der Waals surface area contributed by atoms with Gasteiger partial charge in [-0.25, -0.2) is 0 Å². The number of halogens is 1. The van der Waals surface area contributed by atoms with Gasteiger partial charge in [0.05, 0.1) is 12.0 Å². The molecule has 0 saturated carbocycles. The lowest BCUT2D eigenvalue weighted by Gasteiger charge is -2.12. The van der Waals surface area contributed by atoms with Gasteiger partial charge in [0.15, 0.2) is 0 Å². The number of benzene rings is 1. The van der Waals surface area contributed by atoms with Crippen LogP contribution in [0.5, 0.6) is 0 Å². The summed E-state index contributed by atoms with van der Waals surface area (Å²) in [7, 11) is 0. The predicted octanol–water partition coefficient (Wildman–Crippen LogP) is 3.79. The second-order valence-electron chi connectivity index (χ2n) is 3.81. The molecule has 14 heavy (non-hydrogen) atoms. The maximum absolute atomic E-state index is 8.97. The Morgan fingerprint density at radius 2 is 2.14 bits per heavy atom. The summed E-state index contributed by atoms with van der Waals surface area (Å²) < 4.78 is 1.08.